The summed E-state index contributed by atoms with van der Waals surface area (Å²) in [7, 11) is 0. The molecule has 2 unspecified atom stereocenters. The highest BCUT2D eigenvalue weighted by atomic mass is 16.5. The Morgan fingerprint density at radius 2 is 1.00 bits per heavy atom. The molecule has 0 bridgehead atoms. The number of carbonyl (C=O) groups is 2. The van der Waals surface area contributed by atoms with Gasteiger partial charge in [-0.2, -0.15) is 0 Å². The van der Waals surface area contributed by atoms with Gasteiger partial charge in [-0.1, -0.05) is 91.9 Å². The van der Waals surface area contributed by atoms with Gasteiger partial charge >= 0.3 is 11.9 Å². The van der Waals surface area contributed by atoms with Crippen LogP contribution < -0.4 is 0 Å². The first-order valence-corrected chi connectivity index (χ1v) is 13.7. The summed E-state index contributed by atoms with van der Waals surface area (Å²) >= 11 is 0. The Labute approximate surface area is 198 Å². The minimum Gasteiger partial charge on any atom is -0.465 e. The SMILES string of the molecule is CC(C)CCCCCCCCCCOC(=O)C1CCCC(C(=O)OCCCCC(C)C)C1. The largest absolute Gasteiger partial charge is 0.465 e. The number of carbonyl (C=O) groups excluding carboxylic acids is 2. The van der Waals surface area contributed by atoms with Gasteiger partial charge in [0.1, 0.15) is 0 Å². The van der Waals surface area contributed by atoms with E-state index in [0.29, 0.717) is 25.6 Å². The Bertz CT molecular complexity index is 486. The molecule has 0 aromatic rings. The molecule has 0 N–H and O–H groups in total. The van der Waals surface area contributed by atoms with Crippen LogP contribution in [0.25, 0.3) is 0 Å². The predicted molar refractivity (Wildman–Crippen MR) is 132 cm³/mol. The van der Waals surface area contributed by atoms with Gasteiger partial charge in [0.15, 0.2) is 0 Å². The highest BCUT2D eigenvalue weighted by Crippen LogP contribution is 2.31. The quantitative estimate of drug-likeness (QED) is 0.157. The van der Waals surface area contributed by atoms with Gasteiger partial charge in [0.2, 0.25) is 0 Å². The minimum atomic E-state index is -0.132. The van der Waals surface area contributed by atoms with Crippen LogP contribution in [-0.4, -0.2) is 25.2 Å². The average molecular weight is 453 g/mol. The lowest BCUT2D eigenvalue weighted by atomic mass is 9.81. The van der Waals surface area contributed by atoms with Crippen LogP contribution in [0.4, 0.5) is 0 Å². The third-order valence-electron chi connectivity index (χ3n) is 6.68. The van der Waals surface area contributed by atoms with Gasteiger partial charge in [-0.15, -0.1) is 0 Å². The number of ether oxygens (including phenoxy) is 2. The molecule has 2 atom stereocenters. The first kappa shape index (κ1) is 29.0. The summed E-state index contributed by atoms with van der Waals surface area (Å²) in [5.41, 5.74) is 0. The second kappa shape index (κ2) is 18.4. The summed E-state index contributed by atoms with van der Waals surface area (Å²) in [5.74, 6) is 1.04. The molecule has 4 nitrogen and oxygen atoms in total. The van der Waals surface area contributed by atoms with Gasteiger partial charge in [0, 0.05) is 0 Å². The van der Waals surface area contributed by atoms with Crippen LogP contribution in [0, 0.1) is 23.7 Å². The molecule has 0 amide bonds. The van der Waals surface area contributed by atoms with Crippen molar-refractivity contribution in [2.24, 2.45) is 23.7 Å². The molecule has 1 aliphatic carbocycles. The number of unbranched alkanes of at least 4 members (excludes halogenated alkanes) is 8. The van der Waals surface area contributed by atoms with E-state index in [1.165, 1.54) is 51.4 Å². The van der Waals surface area contributed by atoms with Crippen LogP contribution in [0.5, 0.6) is 0 Å². The third-order valence-corrected chi connectivity index (χ3v) is 6.68. The lowest BCUT2D eigenvalue weighted by Crippen LogP contribution is -2.30. The Morgan fingerprint density at radius 1 is 0.625 bits per heavy atom. The van der Waals surface area contributed by atoms with E-state index in [4.69, 9.17) is 9.47 Å². The maximum absolute atomic E-state index is 12.4. The number of esters is 2. The van der Waals surface area contributed by atoms with E-state index in [1.54, 1.807) is 0 Å². The normalized spacial score (nSPS) is 18.8. The Hall–Kier alpha value is -1.06. The standard InChI is InChI=1S/C28H52O4/c1-23(2)16-11-9-7-5-6-8-10-13-20-31-27(29)25-18-15-19-26(22-25)28(30)32-21-14-12-17-24(3)4/h23-26H,5-22H2,1-4H3. The summed E-state index contributed by atoms with van der Waals surface area (Å²) < 4.78 is 11.0. The fourth-order valence-corrected chi connectivity index (χ4v) is 4.57. The van der Waals surface area contributed by atoms with E-state index < -0.39 is 0 Å². The van der Waals surface area contributed by atoms with E-state index >= 15 is 0 Å². The van der Waals surface area contributed by atoms with Crippen LogP contribution in [0.3, 0.4) is 0 Å². The zero-order chi connectivity index (χ0) is 23.6. The maximum Gasteiger partial charge on any atom is 0.308 e. The van der Waals surface area contributed by atoms with Crippen LogP contribution in [0.2, 0.25) is 0 Å². The summed E-state index contributed by atoms with van der Waals surface area (Å²) in [6.45, 7) is 10.0. The first-order chi connectivity index (χ1) is 15.4. The molecule has 0 aliphatic heterocycles. The van der Waals surface area contributed by atoms with Crippen molar-refractivity contribution in [3.63, 3.8) is 0 Å². The molecule has 1 saturated carbocycles. The lowest BCUT2D eigenvalue weighted by Gasteiger charge is -2.26. The van der Waals surface area contributed by atoms with Crippen LogP contribution in [0.15, 0.2) is 0 Å². The minimum absolute atomic E-state index is 0.107. The van der Waals surface area contributed by atoms with Crippen molar-refractivity contribution in [3.05, 3.63) is 0 Å². The second-order valence-corrected chi connectivity index (χ2v) is 10.8. The average Bonchev–Trinajstić information content (AvgIpc) is 2.76. The second-order valence-electron chi connectivity index (χ2n) is 10.8. The van der Waals surface area contributed by atoms with E-state index in [2.05, 4.69) is 27.7 Å². The van der Waals surface area contributed by atoms with E-state index in [1.807, 2.05) is 0 Å². The molecule has 0 saturated heterocycles. The van der Waals surface area contributed by atoms with Crippen LogP contribution in [0.1, 0.15) is 130 Å². The predicted octanol–water partition coefficient (Wildman–Crippen LogP) is 7.87. The Kier molecular flexibility index (Phi) is 16.6. The van der Waals surface area contributed by atoms with Gasteiger partial charge < -0.3 is 9.47 Å². The van der Waals surface area contributed by atoms with E-state index in [0.717, 1.165) is 50.9 Å². The molecule has 1 fully saturated rings. The van der Waals surface area contributed by atoms with Crippen LogP contribution in [-0.2, 0) is 19.1 Å². The Morgan fingerprint density at radius 3 is 1.47 bits per heavy atom. The first-order valence-electron chi connectivity index (χ1n) is 13.7. The molecule has 0 aromatic carbocycles. The third kappa shape index (κ3) is 14.9. The van der Waals surface area contributed by atoms with Crippen molar-refractivity contribution in [1.29, 1.82) is 0 Å². The maximum atomic E-state index is 12.4. The summed E-state index contributed by atoms with van der Waals surface area (Å²) in [4.78, 5) is 24.8. The van der Waals surface area contributed by atoms with Gasteiger partial charge in [-0.25, -0.2) is 0 Å². The molecule has 4 heteroatoms. The van der Waals surface area contributed by atoms with Crippen molar-refractivity contribution in [3.8, 4) is 0 Å². The Balaban J connectivity index is 2.05. The highest BCUT2D eigenvalue weighted by molar-refractivity contribution is 5.76. The fraction of sp³-hybridized carbons (Fsp3) is 0.929. The van der Waals surface area contributed by atoms with Crippen LogP contribution >= 0.6 is 0 Å². The van der Waals surface area contributed by atoms with E-state index in [9.17, 15) is 9.59 Å². The topological polar surface area (TPSA) is 52.6 Å². The molecule has 0 aromatic heterocycles. The van der Waals surface area contributed by atoms with Crippen molar-refractivity contribution in [2.45, 2.75) is 130 Å². The summed E-state index contributed by atoms with van der Waals surface area (Å²) in [6, 6.07) is 0. The lowest BCUT2D eigenvalue weighted by molar-refractivity contribution is -0.155. The monoisotopic (exact) mass is 452 g/mol. The zero-order valence-corrected chi connectivity index (χ0v) is 21.7. The number of hydrogen-bond acceptors (Lipinski definition) is 4. The van der Waals surface area contributed by atoms with Crippen molar-refractivity contribution in [1.82, 2.24) is 0 Å². The van der Waals surface area contributed by atoms with Gasteiger partial charge in [0.25, 0.3) is 0 Å². The molecule has 1 rings (SSSR count). The van der Waals surface area contributed by atoms with Gasteiger partial charge in [-0.05, 0) is 50.4 Å². The van der Waals surface area contributed by atoms with E-state index in [-0.39, 0.29) is 23.8 Å². The number of hydrogen-bond donors (Lipinski definition) is 0. The van der Waals surface area contributed by atoms with Crippen molar-refractivity contribution >= 4 is 11.9 Å². The molecule has 1 aliphatic rings. The number of rotatable bonds is 18. The molecule has 0 spiro atoms. The summed E-state index contributed by atoms with van der Waals surface area (Å²) in [6.07, 6.45) is 17.8. The molecule has 188 valence electrons. The molecule has 32 heavy (non-hydrogen) atoms. The van der Waals surface area contributed by atoms with Crippen molar-refractivity contribution in [2.75, 3.05) is 13.2 Å². The highest BCUT2D eigenvalue weighted by Gasteiger charge is 2.32. The van der Waals surface area contributed by atoms with Gasteiger partial charge in [0.05, 0.1) is 25.0 Å². The smallest absolute Gasteiger partial charge is 0.308 e. The van der Waals surface area contributed by atoms with Crippen molar-refractivity contribution < 1.29 is 19.1 Å². The molecule has 0 heterocycles. The molecule has 0 radical (unpaired) electrons. The summed E-state index contributed by atoms with van der Waals surface area (Å²) in [5, 5.41) is 0. The van der Waals surface area contributed by atoms with Gasteiger partial charge in [-0.3, -0.25) is 9.59 Å². The molecular formula is C28H52O4. The zero-order valence-electron chi connectivity index (χ0n) is 21.7. The fourth-order valence-electron chi connectivity index (χ4n) is 4.57. The molecular weight excluding hydrogens is 400 g/mol.